The van der Waals surface area contributed by atoms with Crippen molar-refractivity contribution in [2.75, 3.05) is 13.7 Å². The summed E-state index contributed by atoms with van der Waals surface area (Å²) in [5.74, 6) is -1.07. The molecule has 0 amide bonds. The van der Waals surface area contributed by atoms with E-state index in [2.05, 4.69) is 4.90 Å². The van der Waals surface area contributed by atoms with Gasteiger partial charge in [-0.2, -0.15) is 0 Å². The van der Waals surface area contributed by atoms with Gasteiger partial charge in [-0.3, -0.25) is 4.90 Å². The van der Waals surface area contributed by atoms with Gasteiger partial charge in [-0.1, -0.05) is 6.07 Å². The van der Waals surface area contributed by atoms with Crippen molar-refractivity contribution in [1.82, 2.24) is 4.90 Å². The van der Waals surface area contributed by atoms with E-state index in [1.54, 1.807) is 7.11 Å². The number of hydrogen-bond acceptors (Lipinski definition) is 3. The maximum absolute atomic E-state index is 13.8. The molecule has 0 radical (unpaired) electrons. The maximum Gasteiger partial charge on any atom is 0.130 e. The maximum atomic E-state index is 13.8. The number of aliphatic hydroxyl groups is 1. The van der Waals surface area contributed by atoms with Gasteiger partial charge in [-0.25, -0.2) is 8.78 Å². The van der Waals surface area contributed by atoms with Crippen LogP contribution >= 0.6 is 0 Å². The molecular formula is C16H21F2NO2. The van der Waals surface area contributed by atoms with Crippen LogP contribution in [0.4, 0.5) is 8.78 Å². The molecule has 2 aliphatic rings. The second kappa shape index (κ2) is 5.63. The van der Waals surface area contributed by atoms with Crippen molar-refractivity contribution in [3.63, 3.8) is 0 Å². The van der Waals surface area contributed by atoms with E-state index in [0.29, 0.717) is 18.5 Å². The molecule has 0 aromatic heterocycles. The molecule has 21 heavy (non-hydrogen) atoms. The Labute approximate surface area is 123 Å². The number of rotatable bonds is 3. The van der Waals surface area contributed by atoms with E-state index < -0.39 is 11.6 Å². The van der Waals surface area contributed by atoms with E-state index in [9.17, 15) is 13.9 Å². The van der Waals surface area contributed by atoms with E-state index in [1.165, 1.54) is 12.1 Å². The van der Waals surface area contributed by atoms with Crippen molar-refractivity contribution >= 4 is 0 Å². The van der Waals surface area contributed by atoms with Gasteiger partial charge in [0.15, 0.2) is 0 Å². The average Bonchev–Trinajstić information content (AvgIpc) is 2.81. The predicted molar refractivity (Wildman–Crippen MR) is 74.8 cm³/mol. The molecule has 1 saturated carbocycles. The number of halogens is 2. The van der Waals surface area contributed by atoms with Gasteiger partial charge in [0.05, 0.1) is 11.7 Å². The molecule has 1 heterocycles. The third-order valence-electron chi connectivity index (χ3n) is 5.06. The topological polar surface area (TPSA) is 32.7 Å². The van der Waals surface area contributed by atoms with E-state index in [4.69, 9.17) is 4.74 Å². The number of ether oxygens (including phenoxy) is 1. The van der Waals surface area contributed by atoms with Crippen LogP contribution in [-0.4, -0.2) is 41.4 Å². The van der Waals surface area contributed by atoms with Gasteiger partial charge in [-0.15, -0.1) is 0 Å². The first-order chi connectivity index (χ1) is 10.0. The van der Waals surface area contributed by atoms with Crippen molar-refractivity contribution < 1.29 is 18.6 Å². The molecule has 1 aromatic rings. The number of fused-ring (bicyclic) bond motifs is 1. The van der Waals surface area contributed by atoms with Crippen LogP contribution < -0.4 is 0 Å². The summed E-state index contributed by atoms with van der Waals surface area (Å²) in [7, 11) is 1.71. The highest BCUT2D eigenvalue weighted by Crippen LogP contribution is 2.43. The largest absolute Gasteiger partial charge is 0.393 e. The lowest BCUT2D eigenvalue weighted by Gasteiger charge is -2.42. The Morgan fingerprint density at radius 2 is 2.19 bits per heavy atom. The molecule has 1 saturated heterocycles. The minimum absolute atomic E-state index is 0.0932. The zero-order chi connectivity index (χ0) is 15.0. The van der Waals surface area contributed by atoms with Crippen LogP contribution in [-0.2, 0) is 11.3 Å². The SMILES string of the molecule is CO[C@@]12CC[C@H](O)C[C@@H]1N(Cc1ccc(F)cc1F)CC2. The van der Waals surface area contributed by atoms with Crippen molar-refractivity contribution in [1.29, 1.82) is 0 Å². The van der Waals surface area contributed by atoms with E-state index in [1.807, 2.05) is 0 Å². The first-order valence-corrected chi connectivity index (χ1v) is 7.45. The number of methoxy groups -OCH3 is 1. The summed E-state index contributed by atoms with van der Waals surface area (Å²) in [6, 6.07) is 3.80. The number of nitrogens with zero attached hydrogens (tertiary/aromatic N) is 1. The van der Waals surface area contributed by atoms with Crippen molar-refractivity contribution in [2.24, 2.45) is 0 Å². The lowest BCUT2D eigenvalue weighted by Crippen LogP contribution is -2.51. The Morgan fingerprint density at radius 3 is 2.90 bits per heavy atom. The van der Waals surface area contributed by atoms with Crippen molar-refractivity contribution in [3.8, 4) is 0 Å². The number of benzene rings is 1. The average molecular weight is 297 g/mol. The second-order valence-corrected chi connectivity index (χ2v) is 6.17. The third kappa shape index (κ3) is 2.70. The first-order valence-electron chi connectivity index (χ1n) is 7.45. The smallest absolute Gasteiger partial charge is 0.130 e. The van der Waals surface area contributed by atoms with Crippen molar-refractivity contribution in [2.45, 2.75) is 50.0 Å². The standard InChI is InChI=1S/C16H21F2NO2/c1-21-16-5-4-13(20)9-15(16)19(7-6-16)10-11-2-3-12(17)8-14(11)18/h2-3,8,13,15,20H,4-7,9-10H2,1H3/t13-,15-,16+/m0/s1. The lowest BCUT2D eigenvalue weighted by atomic mass is 9.79. The van der Waals surface area contributed by atoms with Crippen molar-refractivity contribution in [3.05, 3.63) is 35.4 Å². The van der Waals surface area contributed by atoms with Gasteiger partial charge in [0.1, 0.15) is 11.6 Å². The van der Waals surface area contributed by atoms with Gasteiger partial charge >= 0.3 is 0 Å². The summed E-state index contributed by atoms with van der Waals surface area (Å²) in [5.41, 5.74) is 0.263. The Hall–Kier alpha value is -1.04. The van der Waals surface area contributed by atoms with Crippen LogP contribution in [0.2, 0.25) is 0 Å². The summed E-state index contributed by atoms with van der Waals surface area (Å²) >= 11 is 0. The fourth-order valence-electron chi connectivity index (χ4n) is 3.83. The fourth-order valence-corrected chi connectivity index (χ4v) is 3.83. The molecule has 0 spiro atoms. The summed E-state index contributed by atoms with van der Waals surface area (Å²) in [6.45, 7) is 1.23. The summed E-state index contributed by atoms with van der Waals surface area (Å²) in [6.07, 6.45) is 2.80. The van der Waals surface area contributed by atoms with E-state index >= 15 is 0 Å². The lowest BCUT2D eigenvalue weighted by molar-refractivity contribution is -0.0880. The Kier molecular flexibility index (Phi) is 3.99. The molecule has 3 atom stereocenters. The first kappa shape index (κ1) is 14.9. The van der Waals surface area contributed by atoms with Crippen LogP contribution in [0.25, 0.3) is 0 Å². The molecule has 3 rings (SSSR count). The number of likely N-dealkylation sites (tertiary alicyclic amines) is 1. The predicted octanol–water partition coefficient (Wildman–Crippen LogP) is 2.47. The molecule has 1 N–H and O–H groups in total. The molecular weight excluding hydrogens is 276 g/mol. The molecule has 116 valence electrons. The molecule has 2 fully saturated rings. The van der Waals surface area contributed by atoms with Crippen LogP contribution in [0, 0.1) is 11.6 Å². The summed E-state index contributed by atoms with van der Waals surface area (Å²) in [4.78, 5) is 2.15. The molecule has 0 bridgehead atoms. The normalized spacial score (nSPS) is 33.1. The zero-order valence-electron chi connectivity index (χ0n) is 12.2. The molecule has 1 aliphatic carbocycles. The zero-order valence-corrected chi connectivity index (χ0v) is 12.2. The summed E-state index contributed by atoms with van der Waals surface area (Å²) < 4.78 is 32.6. The Morgan fingerprint density at radius 1 is 1.38 bits per heavy atom. The molecule has 0 unspecified atom stereocenters. The fraction of sp³-hybridized carbons (Fsp3) is 0.625. The minimum Gasteiger partial charge on any atom is -0.393 e. The van der Waals surface area contributed by atoms with Crippen LogP contribution in [0.15, 0.2) is 18.2 Å². The van der Waals surface area contributed by atoms with E-state index in [0.717, 1.165) is 31.9 Å². The van der Waals surface area contributed by atoms with Crippen LogP contribution in [0.1, 0.15) is 31.2 Å². The van der Waals surface area contributed by atoms with Crippen LogP contribution in [0.5, 0.6) is 0 Å². The highest BCUT2D eigenvalue weighted by Gasteiger charge is 2.50. The number of hydrogen-bond donors (Lipinski definition) is 1. The molecule has 1 aliphatic heterocycles. The van der Waals surface area contributed by atoms with Gasteiger partial charge in [-0.05, 0) is 31.7 Å². The number of aliphatic hydroxyl groups excluding tert-OH is 1. The second-order valence-electron chi connectivity index (χ2n) is 6.17. The monoisotopic (exact) mass is 297 g/mol. The Balaban J connectivity index is 1.79. The Bertz CT molecular complexity index is 525. The highest BCUT2D eigenvalue weighted by molar-refractivity contribution is 5.19. The highest BCUT2D eigenvalue weighted by atomic mass is 19.1. The van der Waals surface area contributed by atoms with Gasteiger partial charge in [0.25, 0.3) is 0 Å². The van der Waals surface area contributed by atoms with Crippen LogP contribution in [0.3, 0.4) is 0 Å². The molecule has 1 aromatic carbocycles. The quantitative estimate of drug-likeness (QED) is 0.930. The van der Waals surface area contributed by atoms with Gasteiger partial charge < -0.3 is 9.84 Å². The molecule has 5 heteroatoms. The van der Waals surface area contributed by atoms with Gasteiger partial charge in [0, 0.05) is 37.9 Å². The molecule has 3 nitrogen and oxygen atoms in total. The third-order valence-corrected chi connectivity index (χ3v) is 5.06. The van der Waals surface area contributed by atoms with E-state index in [-0.39, 0.29) is 17.7 Å². The summed E-state index contributed by atoms with van der Waals surface area (Å²) in [5, 5.41) is 9.94. The minimum atomic E-state index is -0.558. The van der Waals surface area contributed by atoms with Gasteiger partial charge in [0.2, 0.25) is 0 Å².